The fourth-order valence-electron chi connectivity index (χ4n) is 2.22. The third-order valence-corrected chi connectivity index (χ3v) is 3.62. The lowest BCUT2D eigenvalue weighted by atomic mass is 10.1. The highest BCUT2D eigenvalue weighted by molar-refractivity contribution is 5.92. The van der Waals surface area contributed by atoms with Gasteiger partial charge in [0.05, 0.1) is 5.52 Å². The van der Waals surface area contributed by atoms with Crippen LogP contribution >= 0.6 is 0 Å². The summed E-state index contributed by atoms with van der Waals surface area (Å²) in [6.07, 6.45) is 3.90. The minimum atomic E-state index is -0.325. The van der Waals surface area contributed by atoms with Crippen molar-refractivity contribution in [1.29, 1.82) is 0 Å². The minimum absolute atomic E-state index is 0.163. The van der Waals surface area contributed by atoms with E-state index in [0.29, 0.717) is 17.8 Å². The first-order chi connectivity index (χ1) is 9.65. The molecule has 2 aromatic rings. The maximum absolute atomic E-state index is 12.3. The van der Waals surface area contributed by atoms with Crippen LogP contribution in [0.4, 0.5) is 10.5 Å². The van der Waals surface area contributed by atoms with Crippen LogP contribution in [-0.2, 0) is 0 Å². The normalized spacial score (nSPS) is 14.2. The molecule has 104 valence electrons. The fourth-order valence-corrected chi connectivity index (χ4v) is 2.22. The van der Waals surface area contributed by atoms with Gasteiger partial charge in [0.25, 0.3) is 0 Å². The third kappa shape index (κ3) is 2.52. The molecule has 1 saturated carbocycles. The zero-order valence-corrected chi connectivity index (χ0v) is 11.3. The van der Waals surface area contributed by atoms with Crippen LogP contribution < -0.4 is 16.1 Å². The number of amides is 2. The zero-order chi connectivity index (χ0) is 14.1. The number of aryl methyl sites for hydroxylation is 1. The van der Waals surface area contributed by atoms with Gasteiger partial charge in [0.15, 0.2) is 0 Å². The number of carbonyl (C=O) groups is 1. The van der Waals surface area contributed by atoms with E-state index in [2.05, 4.69) is 15.6 Å². The number of para-hydroxylation sites is 1. The van der Waals surface area contributed by atoms with Gasteiger partial charge < -0.3 is 15.6 Å². The maximum Gasteiger partial charge on any atom is 0.319 e. The van der Waals surface area contributed by atoms with Gasteiger partial charge in [-0.3, -0.25) is 4.79 Å². The highest BCUT2D eigenvalue weighted by atomic mass is 16.2. The Morgan fingerprint density at radius 2 is 2.20 bits per heavy atom. The number of nitrogens with one attached hydrogen (secondary N) is 3. The van der Waals surface area contributed by atoms with Crippen molar-refractivity contribution in [2.24, 2.45) is 5.92 Å². The van der Waals surface area contributed by atoms with Crippen LogP contribution in [0.1, 0.15) is 18.4 Å². The van der Waals surface area contributed by atoms with Gasteiger partial charge in [-0.05, 0) is 37.3 Å². The number of fused-ring (bicyclic) bond motifs is 1. The predicted molar refractivity (Wildman–Crippen MR) is 79.1 cm³/mol. The van der Waals surface area contributed by atoms with E-state index in [1.165, 1.54) is 12.8 Å². The smallest absolute Gasteiger partial charge is 0.319 e. The summed E-state index contributed by atoms with van der Waals surface area (Å²) in [5, 5.41) is 5.98. The monoisotopic (exact) mass is 271 g/mol. The van der Waals surface area contributed by atoms with E-state index in [-0.39, 0.29) is 17.1 Å². The van der Waals surface area contributed by atoms with Crippen LogP contribution in [0.3, 0.4) is 0 Å². The summed E-state index contributed by atoms with van der Waals surface area (Å²) in [6.45, 7) is 2.62. The number of rotatable bonds is 3. The molecule has 1 aliphatic carbocycles. The molecule has 0 saturated heterocycles. The summed E-state index contributed by atoms with van der Waals surface area (Å²) >= 11 is 0. The van der Waals surface area contributed by atoms with Crippen LogP contribution in [0.15, 0.2) is 29.2 Å². The van der Waals surface area contributed by atoms with Crippen LogP contribution in [0.25, 0.3) is 10.9 Å². The minimum Gasteiger partial charge on any atom is -0.359 e. The van der Waals surface area contributed by atoms with Crippen molar-refractivity contribution in [3.05, 3.63) is 40.2 Å². The summed E-state index contributed by atoms with van der Waals surface area (Å²) in [4.78, 5) is 27.1. The Labute approximate surface area is 116 Å². The number of anilines is 1. The third-order valence-electron chi connectivity index (χ3n) is 3.62. The number of pyridine rings is 1. The van der Waals surface area contributed by atoms with E-state index >= 15 is 0 Å². The first-order valence-corrected chi connectivity index (χ1v) is 6.81. The standard InChI is InChI=1S/C15H17N3O2/c1-9-3-2-4-11-13(9)16-8-12(14(11)19)18-15(20)17-7-10-5-6-10/h2-4,8,10H,5-7H2,1H3,(H,16,19)(H2,17,18,20). The van der Waals surface area contributed by atoms with Gasteiger partial charge in [0, 0.05) is 18.1 Å². The molecule has 20 heavy (non-hydrogen) atoms. The summed E-state index contributed by atoms with van der Waals surface area (Å²) in [7, 11) is 0. The number of benzene rings is 1. The second kappa shape index (κ2) is 5.00. The molecule has 1 aromatic carbocycles. The van der Waals surface area contributed by atoms with Gasteiger partial charge >= 0.3 is 6.03 Å². The molecular weight excluding hydrogens is 254 g/mol. The largest absolute Gasteiger partial charge is 0.359 e. The lowest BCUT2D eigenvalue weighted by Gasteiger charge is -2.08. The van der Waals surface area contributed by atoms with Crippen LogP contribution in [0.5, 0.6) is 0 Å². The number of hydrogen-bond acceptors (Lipinski definition) is 2. The molecule has 3 rings (SSSR count). The number of aromatic nitrogens is 1. The van der Waals surface area contributed by atoms with E-state index in [0.717, 1.165) is 11.1 Å². The van der Waals surface area contributed by atoms with Crippen LogP contribution in [0, 0.1) is 12.8 Å². The molecule has 1 aliphatic rings. The van der Waals surface area contributed by atoms with Crippen LogP contribution in [0.2, 0.25) is 0 Å². The molecule has 0 atom stereocenters. The molecule has 0 bridgehead atoms. The lowest BCUT2D eigenvalue weighted by molar-refractivity contribution is 0.251. The van der Waals surface area contributed by atoms with E-state index in [1.807, 2.05) is 19.1 Å². The quantitative estimate of drug-likeness (QED) is 0.801. The molecule has 0 unspecified atom stereocenters. The Morgan fingerprint density at radius 1 is 1.40 bits per heavy atom. The van der Waals surface area contributed by atoms with Gasteiger partial charge in [-0.15, -0.1) is 0 Å². The van der Waals surface area contributed by atoms with Crippen molar-refractivity contribution in [2.75, 3.05) is 11.9 Å². The van der Waals surface area contributed by atoms with Crippen molar-refractivity contribution in [1.82, 2.24) is 10.3 Å². The molecule has 0 aliphatic heterocycles. The van der Waals surface area contributed by atoms with E-state index < -0.39 is 0 Å². The number of carbonyl (C=O) groups excluding carboxylic acids is 1. The Kier molecular flexibility index (Phi) is 3.18. The summed E-state index contributed by atoms with van der Waals surface area (Å²) in [5.41, 5.74) is 1.92. The van der Waals surface area contributed by atoms with Gasteiger partial charge in [-0.1, -0.05) is 12.1 Å². The van der Waals surface area contributed by atoms with Gasteiger partial charge in [0.1, 0.15) is 5.69 Å². The van der Waals surface area contributed by atoms with E-state index in [9.17, 15) is 9.59 Å². The maximum atomic E-state index is 12.3. The van der Waals surface area contributed by atoms with Crippen molar-refractivity contribution in [2.45, 2.75) is 19.8 Å². The fraction of sp³-hybridized carbons (Fsp3) is 0.333. The molecule has 1 aromatic heterocycles. The van der Waals surface area contributed by atoms with Crippen molar-refractivity contribution >= 4 is 22.6 Å². The van der Waals surface area contributed by atoms with E-state index in [1.54, 1.807) is 12.3 Å². The Hall–Kier alpha value is -2.30. The highest BCUT2D eigenvalue weighted by Crippen LogP contribution is 2.27. The molecule has 2 amide bonds. The number of H-pyrrole nitrogens is 1. The number of hydrogen-bond donors (Lipinski definition) is 3. The molecular formula is C15H17N3O2. The average Bonchev–Trinajstić information content (AvgIpc) is 3.25. The van der Waals surface area contributed by atoms with Gasteiger partial charge in [-0.2, -0.15) is 0 Å². The first kappa shape index (κ1) is 12.7. The zero-order valence-electron chi connectivity index (χ0n) is 11.3. The number of aromatic amines is 1. The molecule has 5 heteroatoms. The second-order valence-corrected chi connectivity index (χ2v) is 5.31. The number of urea groups is 1. The van der Waals surface area contributed by atoms with Gasteiger partial charge in [0.2, 0.25) is 5.43 Å². The van der Waals surface area contributed by atoms with Crippen molar-refractivity contribution in [3.63, 3.8) is 0 Å². The van der Waals surface area contributed by atoms with Crippen molar-refractivity contribution < 1.29 is 4.79 Å². The van der Waals surface area contributed by atoms with Crippen LogP contribution in [-0.4, -0.2) is 17.6 Å². The molecule has 1 fully saturated rings. The molecule has 3 N–H and O–H groups in total. The Balaban J connectivity index is 1.82. The summed E-state index contributed by atoms with van der Waals surface area (Å²) in [6, 6.07) is 5.21. The lowest BCUT2D eigenvalue weighted by Crippen LogP contribution is -2.32. The first-order valence-electron chi connectivity index (χ1n) is 6.81. The average molecular weight is 271 g/mol. The van der Waals surface area contributed by atoms with Gasteiger partial charge in [-0.25, -0.2) is 4.79 Å². The Bertz CT molecular complexity index is 717. The SMILES string of the molecule is Cc1cccc2c(=O)c(NC(=O)NCC3CC3)c[nH]c12. The molecule has 0 spiro atoms. The molecule has 1 heterocycles. The summed E-state index contributed by atoms with van der Waals surface area (Å²) in [5.74, 6) is 0.610. The molecule has 0 radical (unpaired) electrons. The summed E-state index contributed by atoms with van der Waals surface area (Å²) < 4.78 is 0. The Morgan fingerprint density at radius 3 is 2.95 bits per heavy atom. The predicted octanol–water partition coefficient (Wildman–Crippen LogP) is 2.37. The second-order valence-electron chi connectivity index (χ2n) is 5.31. The topological polar surface area (TPSA) is 74.0 Å². The van der Waals surface area contributed by atoms with E-state index in [4.69, 9.17) is 0 Å². The molecule has 5 nitrogen and oxygen atoms in total. The van der Waals surface area contributed by atoms with Crippen molar-refractivity contribution in [3.8, 4) is 0 Å². The highest BCUT2D eigenvalue weighted by Gasteiger charge is 2.21.